The summed E-state index contributed by atoms with van der Waals surface area (Å²) in [5, 5.41) is 1.25. The Morgan fingerprint density at radius 1 is 1.33 bits per heavy atom. The van der Waals surface area contributed by atoms with Crippen molar-refractivity contribution < 1.29 is 22.0 Å². The molecule has 0 saturated carbocycles. The van der Waals surface area contributed by atoms with Gasteiger partial charge in [-0.2, -0.15) is 0 Å². The molecule has 0 aliphatic heterocycles. The van der Waals surface area contributed by atoms with Crippen LogP contribution in [0.25, 0.3) is 17.0 Å². The van der Waals surface area contributed by atoms with Crippen LogP contribution in [-0.4, -0.2) is 0 Å². The quantitative estimate of drug-likeness (QED) is 0.667. The van der Waals surface area contributed by atoms with Crippen LogP contribution in [0, 0.1) is 12.3 Å². The molecule has 90 valence electrons. The zero-order valence-corrected chi connectivity index (χ0v) is 11.6. The Bertz CT molecular complexity index is 637. The molecule has 1 nitrogen and oxygen atoms in total. The molecule has 1 unspecified atom stereocenters. The van der Waals surface area contributed by atoms with Gasteiger partial charge in [0.05, 0.1) is 0 Å². The predicted molar refractivity (Wildman–Crippen MR) is 70.3 cm³/mol. The molecule has 0 fully saturated rings. The molecule has 1 aromatic heterocycles. The summed E-state index contributed by atoms with van der Waals surface area (Å²) < 4.78 is 0. The maximum absolute atomic E-state index is 5.44. The lowest BCUT2D eigenvalue weighted by Gasteiger charge is -2.16. The summed E-state index contributed by atoms with van der Waals surface area (Å²) in [4.78, 5) is 3.48. The zero-order chi connectivity index (χ0) is 11.7. The van der Waals surface area contributed by atoms with Crippen molar-refractivity contribution in [1.29, 1.82) is 0 Å². The van der Waals surface area contributed by atoms with Gasteiger partial charge in [-0.25, -0.2) is 4.98 Å². The minimum absolute atomic E-state index is 0. The summed E-state index contributed by atoms with van der Waals surface area (Å²) in [6, 6.07) is 10.6. The van der Waals surface area contributed by atoms with E-state index < -0.39 is 0 Å². The van der Waals surface area contributed by atoms with Crippen molar-refractivity contribution in [1.82, 2.24) is 0 Å². The number of hydrogen-bond donors (Lipinski definition) is 0. The lowest BCUT2D eigenvalue weighted by atomic mass is 9.87. The van der Waals surface area contributed by atoms with Crippen LogP contribution in [0.3, 0.4) is 0 Å². The van der Waals surface area contributed by atoms with E-state index in [9.17, 15) is 0 Å². The van der Waals surface area contributed by atoms with Crippen molar-refractivity contribution in [2.24, 2.45) is 0 Å². The second kappa shape index (κ2) is 5.37. The highest BCUT2D eigenvalue weighted by Crippen LogP contribution is 2.31. The molecule has 18 heavy (non-hydrogen) atoms. The number of para-hydroxylation sites is 1. The summed E-state index contributed by atoms with van der Waals surface area (Å²) in [7, 11) is 0. The van der Waals surface area contributed by atoms with Crippen molar-refractivity contribution in [3.05, 3.63) is 47.7 Å². The molecule has 1 N–H and O–H groups in total. The number of allylic oxidation sites excluding steroid dienone is 1. The molecule has 0 spiro atoms. The van der Waals surface area contributed by atoms with Crippen LogP contribution in [0.1, 0.15) is 30.0 Å². The molecule has 2 aromatic rings. The van der Waals surface area contributed by atoms with E-state index in [1.54, 1.807) is 0 Å². The highest BCUT2D eigenvalue weighted by atomic mass is 79.9. The van der Waals surface area contributed by atoms with Gasteiger partial charge in [0.1, 0.15) is 0 Å². The summed E-state index contributed by atoms with van der Waals surface area (Å²) >= 11 is 0. The standard InChI is InChI=1S/C16H13N.BrH/c1-2-6-12-8-5-10-16-14(12)11-13-7-3-4-9-15(13)17-16;/h1,3-5,7,9-12H,6,8H2;1H. The van der Waals surface area contributed by atoms with Gasteiger partial charge in [0.15, 0.2) is 0 Å². The highest BCUT2D eigenvalue weighted by molar-refractivity contribution is 5.77. The van der Waals surface area contributed by atoms with E-state index >= 15 is 0 Å². The molecule has 0 saturated heterocycles. The Hall–Kier alpha value is -1.59. The fraction of sp³-hybridized carbons (Fsp3) is 0.188. The number of terminal acetylenes is 1. The summed E-state index contributed by atoms with van der Waals surface area (Å²) in [6.45, 7) is 0. The van der Waals surface area contributed by atoms with Gasteiger partial charge in [-0.3, -0.25) is 0 Å². The number of aromatic amines is 1. The molecular formula is C16H14BrN. The highest BCUT2D eigenvalue weighted by Gasteiger charge is 2.21. The van der Waals surface area contributed by atoms with Gasteiger partial charge in [0.25, 0.3) is 0 Å². The minimum Gasteiger partial charge on any atom is -1.00 e. The van der Waals surface area contributed by atoms with Crippen LogP contribution in [0.5, 0.6) is 0 Å². The van der Waals surface area contributed by atoms with Crippen LogP contribution in [0.4, 0.5) is 0 Å². The first-order valence-corrected chi connectivity index (χ1v) is 5.93. The summed E-state index contributed by atoms with van der Waals surface area (Å²) in [5.74, 6) is 3.24. The summed E-state index contributed by atoms with van der Waals surface area (Å²) in [5.41, 5.74) is 3.73. The third-order valence-corrected chi connectivity index (χ3v) is 3.36. The van der Waals surface area contributed by atoms with Crippen LogP contribution >= 0.6 is 0 Å². The van der Waals surface area contributed by atoms with E-state index in [0.717, 1.165) is 12.8 Å². The normalized spacial score (nSPS) is 16.7. The minimum atomic E-state index is 0. The number of fused-ring (bicyclic) bond motifs is 2. The van der Waals surface area contributed by atoms with Crippen LogP contribution in [0.2, 0.25) is 0 Å². The van der Waals surface area contributed by atoms with Crippen molar-refractivity contribution in [2.45, 2.75) is 18.8 Å². The lowest BCUT2D eigenvalue weighted by molar-refractivity contribution is -0.348. The first-order chi connectivity index (χ1) is 8.38. The maximum Gasteiger partial charge on any atom is 0.211 e. The SMILES string of the molecule is C#CCC1CC=Cc2[nH+]c3ccccc3cc21.[Br-]. The summed E-state index contributed by atoms with van der Waals surface area (Å²) in [6.07, 6.45) is 11.7. The number of H-pyrrole nitrogens is 1. The first kappa shape index (κ1) is 12.9. The number of aromatic nitrogens is 1. The molecule has 1 atom stereocenters. The molecule has 0 bridgehead atoms. The van der Waals surface area contributed by atoms with E-state index in [-0.39, 0.29) is 17.0 Å². The van der Waals surface area contributed by atoms with Gasteiger partial charge in [0.2, 0.25) is 11.2 Å². The largest absolute Gasteiger partial charge is 1.00 e. The number of hydrogen-bond acceptors (Lipinski definition) is 0. The van der Waals surface area contributed by atoms with E-state index in [4.69, 9.17) is 6.42 Å². The van der Waals surface area contributed by atoms with E-state index in [1.807, 2.05) is 0 Å². The average Bonchev–Trinajstić information content (AvgIpc) is 2.37. The monoisotopic (exact) mass is 299 g/mol. The first-order valence-electron chi connectivity index (χ1n) is 5.93. The lowest BCUT2D eigenvalue weighted by Crippen LogP contribution is -3.00. The van der Waals surface area contributed by atoms with Gasteiger partial charge in [-0.1, -0.05) is 18.2 Å². The van der Waals surface area contributed by atoms with Gasteiger partial charge in [-0.15, -0.1) is 12.3 Å². The number of benzene rings is 1. The third-order valence-electron chi connectivity index (χ3n) is 3.36. The van der Waals surface area contributed by atoms with Crippen LogP contribution < -0.4 is 22.0 Å². The molecule has 1 aliphatic carbocycles. The molecule has 1 aromatic carbocycles. The van der Waals surface area contributed by atoms with E-state index in [0.29, 0.717) is 5.92 Å². The van der Waals surface area contributed by atoms with Gasteiger partial charge in [0, 0.05) is 35.4 Å². The zero-order valence-electron chi connectivity index (χ0n) is 9.99. The average molecular weight is 300 g/mol. The van der Waals surface area contributed by atoms with Gasteiger partial charge >= 0.3 is 0 Å². The van der Waals surface area contributed by atoms with Crippen molar-refractivity contribution >= 4 is 17.0 Å². The topological polar surface area (TPSA) is 14.1 Å². The Labute approximate surface area is 118 Å². The molecule has 0 radical (unpaired) electrons. The van der Waals surface area contributed by atoms with Crippen LogP contribution in [-0.2, 0) is 0 Å². The van der Waals surface area contributed by atoms with E-state index in [1.165, 1.54) is 22.2 Å². The van der Waals surface area contributed by atoms with Crippen LogP contribution in [0.15, 0.2) is 36.4 Å². The van der Waals surface area contributed by atoms with Crippen molar-refractivity contribution in [3.8, 4) is 12.3 Å². The van der Waals surface area contributed by atoms with Crippen molar-refractivity contribution in [2.75, 3.05) is 0 Å². The molecule has 1 heterocycles. The number of nitrogens with one attached hydrogen (secondary N) is 1. The Balaban J connectivity index is 0.00000120. The molecular weight excluding hydrogens is 286 g/mol. The Kier molecular flexibility index (Phi) is 3.84. The third kappa shape index (κ3) is 2.19. The second-order valence-corrected chi connectivity index (χ2v) is 4.47. The molecule has 0 amide bonds. The number of rotatable bonds is 1. The fourth-order valence-electron chi connectivity index (χ4n) is 2.49. The van der Waals surface area contributed by atoms with Gasteiger partial charge < -0.3 is 17.0 Å². The fourth-order valence-corrected chi connectivity index (χ4v) is 2.49. The molecule has 1 aliphatic rings. The van der Waals surface area contributed by atoms with E-state index in [2.05, 4.69) is 53.4 Å². The van der Waals surface area contributed by atoms with Gasteiger partial charge in [-0.05, 0) is 18.6 Å². The molecule has 2 heteroatoms. The smallest absolute Gasteiger partial charge is 0.211 e. The van der Waals surface area contributed by atoms with Crippen molar-refractivity contribution in [3.63, 3.8) is 0 Å². The predicted octanol–water partition coefficient (Wildman–Crippen LogP) is 0.182. The maximum atomic E-state index is 5.44. The number of halogens is 1. The number of pyridine rings is 1. The molecule has 3 rings (SSSR count). The Morgan fingerprint density at radius 2 is 2.17 bits per heavy atom. The second-order valence-electron chi connectivity index (χ2n) is 4.47. The Morgan fingerprint density at radius 3 is 3.00 bits per heavy atom.